The van der Waals surface area contributed by atoms with Crippen molar-refractivity contribution in [2.24, 2.45) is 11.8 Å². The Morgan fingerprint density at radius 1 is 1.08 bits per heavy atom. The normalized spacial score (nSPS) is 20.7. The van der Waals surface area contributed by atoms with E-state index in [1.807, 2.05) is 18.2 Å². The number of carbonyl (C=O) groups excluding carboxylic acids is 2. The lowest BCUT2D eigenvalue weighted by Gasteiger charge is -2.32. The van der Waals surface area contributed by atoms with Gasteiger partial charge in [-0.05, 0) is 50.3 Å². The Kier molecular flexibility index (Phi) is 6.67. The molecule has 1 saturated heterocycles. The third kappa shape index (κ3) is 4.85. The zero-order valence-electron chi connectivity index (χ0n) is 15.7. The molecule has 1 aromatic rings. The molecule has 0 bridgehead atoms. The van der Waals surface area contributed by atoms with E-state index in [4.69, 9.17) is 0 Å². The molecular formula is C21H31N3O2. The monoisotopic (exact) mass is 357 g/mol. The highest BCUT2D eigenvalue weighted by molar-refractivity contribution is 5.79. The second-order valence-electron chi connectivity index (χ2n) is 7.67. The van der Waals surface area contributed by atoms with E-state index in [2.05, 4.69) is 27.7 Å². The van der Waals surface area contributed by atoms with Crippen molar-refractivity contribution in [1.29, 1.82) is 0 Å². The number of benzene rings is 1. The summed E-state index contributed by atoms with van der Waals surface area (Å²) in [5.41, 5.74) is 1.21. The van der Waals surface area contributed by atoms with Gasteiger partial charge in [-0.15, -0.1) is 0 Å². The third-order valence-corrected chi connectivity index (χ3v) is 5.92. The molecular weight excluding hydrogens is 326 g/mol. The van der Waals surface area contributed by atoms with Gasteiger partial charge in [0.1, 0.15) is 0 Å². The second-order valence-corrected chi connectivity index (χ2v) is 7.67. The van der Waals surface area contributed by atoms with E-state index < -0.39 is 0 Å². The van der Waals surface area contributed by atoms with E-state index in [9.17, 15) is 9.59 Å². The van der Waals surface area contributed by atoms with Crippen LogP contribution in [-0.2, 0) is 9.59 Å². The molecule has 3 rings (SSSR count). The second kappa shape index (κ2) is 9.17. The van der Waals surface area contributed by atoms with Crippen molar-refractivity contribution >= 4 is 11.8 Å². The topological polar surface area (TPSA) is 61.4 Å². The number of hydrogen-bond acceptors (Lipinski definition) is 3. The van der Waals surface area contributed by atoms with E-state index in [0.29, 0.717) is 12.5 Å². The maximum absolute atomic E-state index is 12.7. The summed E-state index contributed by atoms with van der Waals surface area (Å²) in [5, 5.41) is 6.04. The maximum Gasteiger partial charge on any atom is 0.234 e. The Labute approximate surface area is 156 Å². The fourth-order valence-electron chi connectivity index (χ4n) is 4.40. The Morgan fingerprint density at radius 3 is 2.35 bits per heavy atom. The zero-order valence-corrected chi connectivity index (χ0v) is 15.7. The molecule has 2 N–H and O–H groups in total. The van der Waals surface area contributed by atoms with Crippen molar-refractivity contribution in [2.45, 2.75) is 44.6 Å². The van der Waals surface area contributed by atoms with E-state index in [0.717, 1.165) is 25.9 Å². The van der Waals surface area contributed by atoms with Crippen molar-refractivity contribution in [3.63, 3.8) is 0 Å². The molecule has 1 aromatic carbocycles. The molecule has 1 heterocycles. The van der Waals surface area contributed by atoms with E-state index in [1.165, 1.54) is 31.2 Å². The minimum atomic E-state index is 0.0925. The number of carbonyl (C=O) groups is 2. The van der Waals surface area contributed by atoms with Crippen LogP contribution in [0.1, 0.15) is 50.1 Å². The first-order valence-corrected chi connectivity index (χ1v) is 9.95. The SMILES string of the molecule is CNC(=O)C1CCN(CC(=O)NC(c2ccccc2)C2CCCC2)CC1. The highest BCUT2D eigenvalue weighted by atomic mass is 16.2. The molecule has 1 aliphatic heterocycles. The smallest absolute Gasteiger partial charge is 0.234 e. The van der Waals surface area contributed by atoms with Crippen LogP contribution in [0, 0.1) is 11.8 Å². The number of likely N-dealkylation sites (tertiary alicyclic amines) is 1. The third-order valence-electron chi connectivity index (χ3n) is 5.92. The summed E-state index contributed by atoms with van der Waals surface area (Å²) in [7, 11) is 1.69. The van der Waals surface area contributed by atoms with Crippen molar-refractivity contribution in [3.05, 3.63) is 35.9 Å². The van der Waals surface area contributed by atoms with Crippen LogP contribution in [0.3, 0.4) is 0 Å². The molecule has 1 aliphatic carbocycles. The summed E-state index contributed by atoms with van der Waals surface area (Å²) in [6, 6.07) is 10.5. The van der Waals surface area contributed by atoms with Gasteiger partial charge in [-0.1, -0.05) is 43.2 Å². The quantitative estimate of drug-likeness (QED) is 0.822. The molecule has 1 unspecified atom stereocenters. The molecule has 0 aromatic heterocycles. The van der Waals surface area contributed by atoms with Crippen LogP contribution in [0.4, 0.5) is 0 Å². The van der Waals surface area contributed by atoms with Crippen LogP contribution in [0.5, 0.6) is 0 Å². The van der Waals surface area contributed by atoms with Crippen LogP contribution in [0.15, 0.2) is 30.3 Å². The number of nitrogens with zero attached hydrogens (tertiary/aromatic N) is 1. The Hall–Kier alpha value is -1.88. The number of amides is 2. The summed E-state index contributed by atoms with van der Waals surface area (Å²) in [6.45, 7) is 2.05. The van der Waals surface area contributed by atoms with Crippen molar-refractivity contribution in [1.82, 2.24) is 15.5 Å². The predicted octanol–water partition coefficient (Wildman–Crippen LogP) is 2.49. The first-order chi connectivity index (χ1) is 12.7. The van der Waals surface area contributed by atoms with Crippen molar-refractivity contribution in [3.8, 4) is 0 Å². The summed E-state index contributed by atoms with van der Waals surface area (Å²) in [6.07, 6.45) is 6.57. The van der Waals surface area contributed by atoms with Crippen LogP contribution in [0.25, 0.3) is 0 Å². The fraction of sp³-hybridized carbons (Fsp3) is 0.619. The van der Waals surface area contributed by atoms with Crippen LogP contribution in [-0.4, -0.2) is 43.4 Å². The van der Waals surface area contributed by atoms with Crippen LogP contribution >= 0.6 is 0 Å². The molecule has 0 radical (unpaired) electrons. The number of hydrogen-bond donors (Lipinski definition) is 2. The molecule has 26 heavy (non-hydrogen) atoms. The first kappa shape index (κ1) is 18.9. The van der Waals surface area contributed by atoms with Crippen LogP contribution < -0.4 is 10.6 Å². The molecule has 5 nitrogen and oxygen atoms in total. The summed E-state index contributed by atoms with van der Waals surface area (Å²) >= 11 is 0. The standard InChI is InChI=1S/C21H31N3O2/c1-22-21(26)18-11-13-24(14-12-18)15-19(25)23-20(17-9-5-6-10-17)16-7-3-2-4-8-16/h2-4,7-8,17-18,20H,5-6,9-15H2,1H3,(H,22,26)(H,23,25). The predicted molar refractivity (Wildman–Crippen MR) is 103 cm³/mol. The van der Waals surface area contributed by atoms with E-state index in [1.54, 1.807) is 7.05 Å². The average Bonchev–Trinajstić information content (AvgIpc) is 3.21. The number of rotatable bonds is 6. The van der Waals surface area contributed by atoms with E-state index >= 15 is 0 Å². The highest BCUT2D eigenvalue weighted by Gasteiger charge is 2.29. The van der Waals surface area contributed by atoms with Gasteiger partial charge < -0.3 is 10.6 Å². The maximum atomic E-state index is 12.7. The molecule has 2 amide bonds. The van der Waals surface area contributed by atoms with Gasteiger partial charge in [0.2, 0.25) is 11.8 Å². The largest absolute Gasteiger partial charge is 0.359 e. The Bertz CT molecular complexity index is 591. The van der Waals surface area contributed by atoms with Gasteiger partial charge in [0.05, 0.1) is 12.6 Å². The lowest BCUT2D eigenvalue weighted by atomic mass is 9.91. The number of piperidine rings is 1. The van der Waals surface area contributed by atoms with Gasteiger partial charge in [-0.2, -0.15) is 0 Å². The van der Waals surface area contributed by atoms with Crippen molar-refractivity contribution in [2.75, 3.05) is 26.7 Å². The van der Waals surface area contributed by atoms with Crippen LogP contribution in [0.2, 0.25) is 0 Å². The lowest BCUT2D eigenvalue weighted by molar-refractivity contribution is -0.126. The van der Waals surface area contributed by atoms with Gasteiger partial charge >= 0.3 is 0 Å². The van der Waals surface area contributed by atoms with Crippen molar-refractivity contribution < 1.29 is 9.59 Å². The molecule has 5 heteroatoms. The lowest BCUT2D eigenvalue weighted by Crippen LogP contribution is -2.45. The Balaban J connectivity index is 1.54. The molecule has 1 saturated carbocycles. The average molecular weight is 357 g/mol. The molecule has 2 aliphatic rings. The molecule has 142 valence electrons. The van der Waals surface area contributed by atoms with Gasteiger partial charge in [0, 0.05) is 13.0 Å². The molecule has 2 fully saturated rings. The van der Waals surface area contributed by atoms with Gasteiger partial charge in [-0.25, -0.2) is 0 Å². The highest BCUT2D eigenvalue weighted by Crippen LogP contribution is 2.35. The van der Waals surface area contributed by atoms with E-state index in [-0.39, 0.29) is 23.8 Å². The zero-order chi connectivity index (χ0) is 18.4. The minimum Gasteiger partial charge on any atom is -0.359 e. The molecule has 1 atom stereocenters. The fourth-order valence-corrected chi connectivity index (χ4v) is 4.40. The first-order valence-electron chi connectivity index (χ1n) is 9.95. The minimum absolute atomic E-state index is 0.0925. The van der Waals surface area contributed by atoms with Gasteiger partial charge in [0.15, 0.2) is 0 Å². The summed E-state index contributed by atoms with van der Waals surface area (Å²) < 4.78 is 0. The number of nitrogens with one attached hydrogen (secondary N) is 2. The van der Waals surface area contributed by atoms with Gasteiger partial charge in [0.25, 0.3) is 0 Å². The van der Waals surface area contributed by atoms with Gasteiger partial charge in [-0.3, -0.25) is 14.5 Å². The summed E-state index contributed by atoms with van der Waals surface area (Å²) in [4.78, 5) is 26.6. The Morgan fingerprint density at radius 2 is 1.73 bits per heavy atom. The summed E-state index contributed by atoms with van der Waals surface area (Å²) in [5.74, 6) is 0.860. The molecule has 0 spiro atoms.